The van der Waals surface area contributed by atoms with Gasteiger partial charge in [-0.05, 0) is 17.7 Å². The Bertz CT molecular complexity index is 660. The Kier molecular flexibility index (Phi) is 2.49. The summed E-state index contributed by atoms with van der Waals surface area (Å²) in [6, 6.07) is 10.3. The molecule has 84 valence electrons. The number of thiazole rings is 1. The maximum Gasteiger partial charge on any atom is 0.180 e. The van der Waals surface area contributed by atoms with Crippen molar-refractivity contribution in [1.82, 2.24) is 9.97 Å². The van der Waals surface area contributed by atoms with Crippen molar-refractivity contribution in [2.24, 2.45) is 0 Å². The van der Waals surface area contributed by atoms with Crippen LogP contribution in [-0.4, -0.2) is 9.97 Å². The quantitative estimate of drug-likeness (QED) is 0.750. The Morgan fingerprint density at radius 2 is 2.18 bits per heavy atom. The standard InChI is InChI=1S/C13H11N3S/c14-13-16-11(8-17-13)6-9-3-4-10-2-1-5-15-12(10)7-9/h1-5,7-8H,6H2,(H2,14,16). The van der Waals surface area contributed by atoms with Crippen LogP contribution in [0.1, 0.15) is 11.3 Å². The van der Waals surface area contributed by atoms with Crippen LogP contribution < -0.4 is 5.73 Å². The molecule has 2 aromatic heterocycles. The summed E-state index contributed by atoms with van der Waals surface area (Å²) in [4.78, 5) is 8.61. The summed E-state index contributed by atoms with van der Waals surface area (Å²) in [5.74, 6) is 0. The highest BCUT2D eigenvalue weighted by Crippen LogP contribution is 2.18. The number of hydrogen-bond donors (Lipinski definition) is 1. The van der Waals surface area contributed by atoms with Crippen LogP contribution in [-0.2, 0) is 6.42 Å². The Morgan fingerprint density at radius 3 is 3.00 bits per heavy atom. The molecular formula is C13H11N3S. The number of nitrogens with two attached hydrogens (primary N) is 1. The summed E-state index contributed by atoms with van der Waals surface area (Å²) >= 11 is 1.48. The third kappa shape index (κ3) is 2.12. The van der Waals surface area contributed by atoms with Crippen molar-refractivity contribution >= 4 is 27.4 Å². The minimum atomic E-state index is 0.624. The van der Waals surface area contributed by atoms with Crippen molar-refractivity contribution in [1.29, 1.82) is 0 Å². The van der Waals surface area contributed by atoms with Gasteiger partial charge in [0.25, 0.3) is 0 Å². The lowest BCUT2D eigenvalue weighted by Crippen LogP contribution is -1.90. The molecule has 0 bridgehead atoms. The third-order valence-corrected chi connectivity index (χ3v) is 3.35. The van der Waals surface area contributed by atoms with E-state index in [1.807, 2.05) is 17.6 Å². The molecule has 0 aliphatic carbocycles. The molecule has 0 saturated carbocycles. The maximum absolute atomic E-state index is 5.62. The Hall–Kier alpha value is -1.94. The maximum atomic E-state index is 5.62. The van der Waals surface area contributed by atoms with Gasteiger partial charge in [0.1, 0.15) is 0 Å². The van der Waals surface area contributed by atoms with Gasteiger partial charge in [-0.25, -0.2) is 4.98 Å². The van der Waals surface area contributed by atoms with Gasteiger partial charge < -0.3 is 5.73 Å². The van der Waals surface area contributed by atoms with Crippen LogP contribution in [0.2, 0.25) is 0 Å². The zero-order valence-electron chi connectivity index (χ0n) is 9.13. The number of benzene rings is 1. The molecule has 4 heteroatoms. The first-order chi connectivity index (χ1) is 8.31. The summed E-state index contributed by atoms with van der Waals surface area (Å²) in [7, 11) is 0. The summed E-state index contributed by atoms with van der Waals surface area (Å²) in [5, 5.41) is 3.78. The molecular weight excluding hydrogens is 230 g/mol. The second-order valence-electron chi connectivity index (χ2n) is 3.88. The first kappa shape index (κ1) is 10.2. The molecule has 3 rings (SSSR count). The van der Waals surface area contributed by atoms with Crippen LogP contribution >= 0.6 is 11.3 Å². The van der Waals surface area contributed by atoms with Crippen molar-refractivity contribution in [3.05, 3.63) is 53.2 Å². The molecule has 2 heterocycles. The Balaban J connectivity index is 1.95. The number of nitrogen functional groups attached to an aromatic ring is 1. The van der Waals surface area contributed by atoms with E-state index in [9.17, 15) is 0 Å². The van der Waals surface area contributed by atoms with Crippen molar-refractivity contribution in [3.63, 3.8) is 0 Å². The number of nitrogens with zero attached hydrogens (tertiary/aromatic N) is 2. The fourth-order valence-electron chi connectivity index (χ4n) is 1.83. The van der Waals surface area contributed by atoms with E-state index < -0.39 is 0 Å². The number of pyridine rings is 1. The fraction of sp³-hybridized carbons (Fsp3) is 0.0769. The molecule has 0 spiro atoms. The molecule has 17 heavy (non-hydrogen) atoms. The second-order valence-corrected chi connectivity index (χ2v) is 4.77. The largest absolute Gasteiger partial charge is 0.375 e. The predicted molar refractivity (Wildman–Crippen MR) is 71.1 cm³/mol. The topological polar surface area (TPSA) is 51.8 Å². The van der Waals surface area contributed by atoms with Crippen molar-refractivity contribution in [3.8, 4) is 0 Å². The molecule has 0 fully saturated rings. The van der Waals surface area contributed by atoms with E-state index in [0.717, 1.165) is 23.0 Å². The van der Waals surface area contributed by atoms with Crippen LogP contribution in [0.25, 0.3) is 10.9 Å². The van der Waals surface area contributed by atoms with E-state index >= 15 is 0 Å². The SMILES string of the molecule is Nc1nc(Cc2ccc3cccnc3c2)cs1. The predicted octanol–water partition coefficient (Wildman–Crippen LogP) is 2.86. The molecule has 0 amide bonds. The first-order valence-electron chi connectivity index (χ1n) is 5.35. The Labute approximate surface area is 103 Å². The minimum Gasteiger partial charge on any atom is -0.375 e. The molecule has 1 aromatic carbocycles. The van der Waals surface area contributed by atoms with Gasteiger partial charge >= 0.3 is 0 Å². The summed E-state index contributed by atoms with van der Waals surface area (Å²) in [5.41, 5.74) is 8.87. The second kappa shape index (κ2) is 4.14. The number of aromatic nitrogens is 2. The van der Waals surface area contributed by atoms with E-state index in [1.165, 1.54) is 16.9 Å². The number of fused-ring (bicyclic) bond motifs is 1. The molecule has 0 atom stereocenters. The average molecular weight is 241 g/mol. The lowest BCUT2D eigenvalue weighted by atomic mass is 10.1. The van der Waals surface area contributed by atoms with Crippen molar-refractivity contribution in [2.45, 2.75) is 6.42 Å². The van der Waals surface area contributed by atoms with Gasteiger partial charge in [-0.15, -0.1) is 11.3 Å². The molecule has 0 aliphatic heterocycles. The van der Waals surface area contributed by atoms with E-state index in [2.05, 4.69) is 34.2 Å². The number of anilines is 1. The lowest BCUT2D eigenvalue weighted by molar-refractivity contribution is 1.11. The molecule has 2 N–H and O–H groups in total. The van der Waals surface area contributed by atoms with Gasteiger partial charge in [0.05, 0.1) is 11.2 Å². The highest BCUT2D eigenvalue weighted by atomic mass is 32.1. The minimum absolute atomic E-state index is 0.624. The molecule has 0 unspecified atom stereocenters. The van der Waals surface area contributed by atoms with Crippen LogP contribution in [0.3, 0.4) is 0 Å². The summed E-state index contributed by atoms with van der Waals surface area (Å²) in [6.07, 6.45) is 2.62. The number of rotatable bonds is 2. The zero-order valence-corrected chi connectivity index (χ0v) is 9.95. The molecule has 0 aliphatic rings. The van der Waals surface area contributed by atoms with E-state index in [-0.39, 0.29) is 0 Å². The number of hydrogen-bond acceptors (Lipinski definition) is 4. The average Bonchev–Trinajstić information content (AvgIpc) is 2.75. The molecule has 0 radical (unpaired) electrons. The normalized spacial score (nSPS) is 10.8. The van der Waals surface area contributed by atoms with Crippen LogP contribution in [0.15, 0.2) is 41.9 Å². The third-order valence-electron chi connectivity index (χ3n) is 2.63. The smallest absolute Gasteiger partial charge is 0.180 e. The summed E-state index contributed by atoms with van der Waals surface area (Å²) in [6.45, 7) is 0. The first-order valence-corrected chi connectivity index (χ1v) is 6.23. The van der Waals surface area contributed by atoms with E-state index in [1.54, 1.807) is 0 Å². The van der Waals surface area contributed by atoms with Crippen LogP contribution in [0, 0.1) is 0 Å². The van der Waals surface area contributed by atoms with Crippen molar-refractivity contribution < 1.29 is 0 Å². The zero-order chi connectivity index (χ0) is 11.7. The monoisotopic (exact) mass is 241 g/mol. The van der Waals surface area contributed by atoms with Gasteiger partial charge in [-0.3, -0.25) is 4.98 Å². The molecule has 0 saturated heterocycles. The lowest BCUT2D eigenvalue weighted by Gasteiger charge is -2.01. The van der Waals surface area contributed by atoms with Crippen molar-refractivity contribution in [2.75, 3.05) is 5.73 Å². The van der Waals surface area contributed by atoms with Gasteiger partial charge in [0.2, 0.25) is 0 Å². The van der Waals surface area contributed by atoms with E-state index in [0.29, 0.717) is 5.13 Å². The Morgan fingerprint density at radius 1 is 1.24 bits per heavy atom. The van der Waals surface area contributed by atoms with Crippen LogP contribution in [0.4, 0.5) is 5.13 Å². The van der Waals surface area contributed by atoms with Crippen LogP contribution in [0.5, 0.6) is 0 Å². The molecule has 3 aromatic rings. The summed E-state index contributed by atoms with van der Waals surface area (Å²) < 4.78 is 0. The van der Waals surface area contributed by atoms with Gasteiger partial charge in [0, 0.05) is 23.4 Å². The van der Waals surface area contributed by atoms with Gasteiger partial charge in [-0.1, -0.05) is 18.2 Å². The molecule has 3 nitrogen and oxygen atoms in total. The van der Waals surface area contributed by atoms with Gasteiger partial charge in [0.15, 0.2) is 5.13 Å². The van der Waals surface area contributed by atoms with E-state index in [4.69, 9.17) is 5.73 Å². The highest BCUT2D eigenvalue weighted by molar-refractivity contribution is 7.13. The van der Waals surface area contributed by atoms with Gasteiger partial charge in [-0.2, -0.15) is 0 Å². The highest BCUT2D eigenvalue weighted by Gasteiger charge is 2.02. The fourth-order valence-corrected chi connectivity index (χ4v) is 2.40.